The first-order valence-electron chi connectivity index (χ1n) is 5.96. The van der Waals surface area contributed by atoms with E-state index >= 15 is 0 Å². The fraction of sp³-hybridized carbons (Fsp3) is 0.0714. The van der Waals surface area contributed by atoms with E-state index in [4.69, 9.17) is 0 Å². The molecule has 5 nitrogen and oxygen atoms in total. The molecular formula is C14H13N5. The van der Waals surface area contributed by atoms with E-state index < -0.39 is 0 Å². The van der Waals surface area contributed by atoms with Crippen LogP contribution >= 0.6 is 0 Å². The number of aromatic nitrogens is 4. The van der Waals surface area contributed by atoms with Crippen LogP contribution in [0.5, 0.6) is 0 Å². The Hall–Kier alpha value is -2.69. The first kappa shape index (κ1) is 11.4. The van der Waals surface area contributed by atoms with E-state index in [2.05, 4.69) is 44.8 Å². The van der Waals surface area contributed by atoms with Crippen molar-refractivity contribution in [1.29, 1.82) is 0 Å². The molecule has 0 bridgehead atoms. The van der Waals surface area contributed by atoms with E-state index in [1.54, 1.807) is 17.3 Å². The molecule has 0 spiro atoms. The Morgan fingerprint density at radius 3 is 2.79 bits per heavy atom. The van der Waals surface area contributed by atoms with Crippen LogP contribution in [0.25, 0.3) is 10.9 Å². The molecule has 0 unspecified atom stereocenters. The molecular weight excluding hydrogens is 238 g/mol. The number of para-hydroxylation sites is 1. The van der Waals surface area contributed by atoms with E-state index in [0.29, 0.717) is 0 Å². The van der Waals surface area contributed by atoms with E-state index in [1.165, 1.54) is 10.9 Å². The first-order valence-corrected chi connectivity index (χ1v) is 5.96. The van der Waals surface area contributed by atoms with Crippen molar-refractivity contribution >= 4 is 17.1 Å². The lowest BCUT2D eigenvalue weighted by molar-refractivity contribution is 0.862. The lowest BCUT2D eigenvalue weighted by atomic mass is 10.2. The summed E-state index contributed by atoms with van der Waals surface area (Å²) in [6.07, 6.45) is 8.87. The Morgan fingerprint density at radius 2 is 2.00 bits per heavy atom. The highest BCUT2D eigenvalue weighted by molar-refractivity contribution is 5.99. The summed E-state index contributed by atoms with van der Waals surface area (Å²) >= 11 is 0. The van der Waals surface area contributed by atoms with Crippen molar-refractivity contribution in [2.75, 3.05) is 0 Å². The quantitative estimate of drug-likeness (QED) is 0.527. The zero-order chi connectivity index (χ0) is 13.1. The van der Waals surface area contributed by atoms with Gasteiger partial charge in [-0.15, -0.1) is 16.8 Å². The third-order valence-electron chi connectivity index (χ3n) is 2.88. The minimum absolute atomic E-state index is 0.779. The molecule has 2 heterocycles. The van der Waals surface area contributed by atoms with Crippen molar-refractivity contribution in [3.63, 3.8) is 0 Å². The third kappa shape index (κ3) is 2.18. The van der Waals surface area contributed by atoms with Crippen LogP contribution in [0.3, 0.4) is 0 Å². The Bertz CT molecular complexity index is 721. The van der Waals surface area contributed by atoms with Crippen molar-refractivity contribution < 1.29 is 0 Å². The SMILES string of the molecule is C=CCn1cc(/C=N\n2cnnc2)c2ccccc21. The summed E-state index contributed by atoms with van der Waals surface area (Å²) in [5.41, 5.74) is 2.23. The molecule has 2 aromatic heterocycles. The van der Waals surface area contributed by atoms with E-state index in [9.17, 15) is 0 Å². The molecule has 1 aromatic carbocycles. The molecule has 0 fully saturated rings. The van der Waals surface area contributed by atoms with Gasteiger partial charge < -0.3 is 4.57 Å². The molecule has 94 valence electrons. The van der Waals surface area contributed by atoms with Crippen LogP contribution in [0.1, 0.15) is 5.56 Å². The average molecular weight is 251 g/mol. The van der Waals surface area contributed by atoms with Gasteiger partial charge in [0.05, 0.1) is 6.21 Å². The van der Waals surface area contributed by atoms with Crippen LogP contribution in [0.2, 0.25) is 0 Å². The van der Waals surface area contributed by atoms with Crippen molar-refractivity contribution in [2.45, 2.75) is 6.54 Å². The second-order valence-electron chi connectivity index (χ2n) is 4.13. The molecule has 3 rings (SSSR count). The highest BCUT2D eigenvalue weighted by Gasteiger charge is 2.05. The molecule has 3 aromatic rings. The van der Waals surface area contributed by atoms with Gasteiger partial charge in [-0.05, 0) is 6.07 Å². The highest BCUT2D eigenvalue weighted by atomic mass is 15.4. The van der Waals surface area contributed by atoms with Gasteiger partial charge in [-0.2, -0.15) is 5.10 Å². The molecule has 0 atom stereocenters. The molecule has 0 aliphatic rings. The maximum atomic E-state index is 4.29. The van der Waals surface area contributed by atoms with Gasteiger partial charge in [0, 0.05) is 29.2 Å². The Kier molecular flexibility index (Phi) is 2.94. The normalized spacial score (nSPS) is 11.4. The minimum Gasteiger partial charge on any atom is -0.343 e. The number of allylic oxidation sites excluding steroid dienone is 1. The van der Waals surface area contributed by atoms with Gasteiger partial charge in [-0.25, -0.2) is 4.68 Å². The minimum atomic E-state index is 0.779. The lowest BCUT2D eigenvalue weighted by Crippen LogP contribution is -1.91. The number of nitrogens with zero attached hydrogens (tertiary/aromatic N) is 5. The summed E-state index contributed by atoms with van der Waals surface area (Å²) in [5.74, 6) is 0. The van der Waals surface area contributed by atoms with Gasteiger partial charge in [0.2, 0.25) is 0 Å². The Labute approximate surface area is 110 Å². The molecule has 0 aliphatic carbocycles. The van der Waals surface area contributed by atoms with E-state index in [-0.39, 0.29) is 0 Å². The third-order valence-corrected chi connectivity index (χ3v) is 2.88. The summed E-state index contributed by atoms with van der Waals surface area (Å²) in [6, 6.07) is 8.23. The molecule has 0 saturated heterocycles. The molecule has 19 heavy (non-hydrogen) atoms. The molecule has 0 amide bonds. The van der Waals surface area contributed by atoms with Crippen molar-refractivity contribution in [3.8, 4) is 0 Å². The van der Waals surface area contributed by atoms with Gasteiger partial charge in [0.1, 0.15) is 12.7 Å². The van der Waals surface area contributed by atoms with Gasteiger partial charge >= 0.3 is 0 Å². The monoisotopic (exact) mass is 251 g/mol. The van der Waals surface area contributed by atoms with Gasteiger partial charge in [0.15, 0.2) is 0 Å². The van der Waals surface area contributed by atoms with Gasteiger partial charge in [-0.1, -0.05) is 24.3 Å². The maximum Gasteiger partial charge on any atom is 0.141 e. The summed E-state index contributed by atoms with van der Waals surface area (Å²) in [5, 5.41) is 12.9. The number of fused-ring (bicyclic) bond motifs is 1. The summed E-state index contributed by atoms with van der Waals surface area (Å²) in [6.45, 7) is 4.56. The molecule has 0 radical (unpaired) electrons. The number of hydrogen-bond acceptors (Lipinski definition) is 3. The fourth-order valence-corrected chi connectivity index (χ4v) is 2.05. The van der Waals surface area contributed by atoms with Crippen LogP contribution in [-0.4, -0.2) is 25.7 Å². The Morgan fingerprint density at radius 1 is 1.21 bits per heavy atom. The van der Waals surface area contributed by atoms with Crippen molar-refractivity contribution in [3.05, 3.63) is 61.3 Å². The van der Waals surface area contributed by atoms with E-state index in [0.717, 1.165) is 12.1 Å². The predicted molar refractivity (Wildman–Crippen MR) is 75.1 cm³/mol. The molecule has 5 heteroatoms. The van der Waals surface area contributed by atoms with Gasteiger partial charge in [0.25, 0.3) is 0 Å². The standard InChI is InChI=1S/C14H13N5/c1-2-7-18-9-12(8-17-19-10-15-16-11-19)13-5-3-4-6-14(13)18/h2-6,8-11H,1,7H2/b17-8-. The topological polar surface area (TPSA) is 48.0 Å². The van der Waals surface area contributed by atoms with E-state index in [1.807, 2.05) is 24.4 Å². The van der Waals surface area contributed by atoms with Crippen LogP contribution < -0.4 is 0 Å². The van der Waals surface area contributed by atoms with Crippen LogP contribution in [0, 0.1) is 0 Å². The van der Waals surface area contributed by atoms with Crippen molar-refractivity contribution in [1.82, 2.24) is 19.4 Å². The average Bonchev–Trinajstić information content (AvgIpc) is 3.06. The maximum absolute atomic E-state index is 4.29. The summed E-state index contributed by atoms with van der Waals surface area (Å²) < 4.78 is 3.72. The fourth-order valence-electron chi connectivity index (χ4n) is 2.05. The smallest absolute Gasteiger partial charge is 0.141 e. The summed E-state index contributed by atoms with van der Waals surface area (Å²) in [4.78, 5) is 0. The zero-order valence-electron chi connectivity index (χ0n) is 10.3. The lowest BCUT2D eigenvalue weighted by Gasteiger charge is -1.98. The Balaban J connectivity index is 2.05. The molecule has 0 saturated carbocycles. The molecule has 0 N–H and O–H groups in total. The summed E-state index contributed by atoms with van der Waals surface area (Å²) in [7, 11) is 0. The van der Waals surface area contributed by atoms with Crippen molar-refractivity contribution in [2.24, 2.45) is 5.10 Å². The highest BCUT2D eigenvalue weighted by Crippen LogP contribution is 2.20. The second kappa shape index (κ2) is 4.89. The van der Waals surface area contributed by atoms with Crippen LogP contribution in [0.15, 0.2) is 60.9 Å². The number of benzene rings is 1. The van der Waals surface area contributed by atoms with Gasteiger partial charge in [-0.3, -0.25) is 0 Å². The second-order valence-corrected chi connectivity index (χ2v) is 4.13. The zero-order valence-corrected chi connectivity index (χ0v) is 10.3. The number of hydrogen-bond donors (Lipinski definition) is 0. The predicted octanol–water partition coefficient (Wildman–Crippen LogP) is 2.30. The van der Waals surface area contributed by atoms with Crippen LogP contribution in [0.4, 0.5) is 0 Å². The van der Waals surface area contributed by atoms with Crippen LogP contribution in [-0.2, 0) is 6.54 Å². The number of rotatable bonds is 4. The largest absolute Gasteiger partial charge is 0.343 e. The first-order chi connectivity index (χ1) is 9.38. The molecule has 0 aliphatic heterocycles.